The summed E-state index contributed by atoms with van der Waals surface area (Å²) >= 11 is 1.21. The summed E-state index contributed by atoms with van der Waals surface area (Å²) < 4.78 is 39.6. The molecule has 0 fully saturated rings. The largest absolute Gasteiger partial charge is 0.302 e. The fourth-order valence-electron chi connectivity index (χ4n) is 2.38. The molecule has 0 aliphatic heterocycles. The molecule has 0 atom stereocenters. The molecule has 0 aliphatic carbocycles. The highest BCUT2D eigenvalue weighted by Gasteiger charge is 2.10. The van der Waals surface area contributed by atoms with Crippen molar-refractivity contribution in [2.45, 2.75) is 6.42 Å². The quantitative estimate of drug-likeness (QED) is 0.567. The fourth-order valence-corrected chi connectivity index (χ4v) is 3.94. The van der Waals surface area contributed by atoms with Gasteiger partial charge in [0.15, 0.2) is 5.13 Å². The molecular weight excluding hydrogens is 413 g/mol. The van der Waals surface area contributed by atoms with E-state index in [1.807, 2.05) is 18.2 Å². The summed E-state index contributed by atoms with van der Waals surface area (Å²) in [6.45, 7) is -0.0462. The molecule has 150 valence electrons. The Morgan fingerprint density at radius 3 is 2.69 bits per heavy atom. The molecule has 0 saturated heterocycles. The lowest BCUT2D eigenvalue weighted by Crippen LogP contribution is -2.26. The minimum Gasteiger partial charge on any atom is -0.302 e. The molecule has 6 nitrogen and oxygen atoms in total. The van der Waals surface area contributed by atoms with Crippen molar-refractivity contribution in [2.75, 3.05) is 11.9 Å². The van der Waals surface area contributed by atoms with Crippen molar-refractivity contribution < 1.29 is 17.6 Å². The Bertz CT molecular complexity index is 1110. The van der Waals surface area contributed by atoms with Crippen LogP contribution >= 0.6 is 11.3 Å². The van der Waals surface area contributed by atoms with E-state index in [9.17, 15) is 17.6 Å². The summed E-state index contributed by atoms with van der Waals surface area (Å²) in [7, 11) is -3.64. The number of hydrogen-bond acceptors (Lipinski definition) is 5. The zero-order valence-corrected chi connectivity index (χ0v) is 16.8. The van der Waals surface area contributed by atoms with Crippen molar-refractivity contribution in [3.05, 3.63) is 76.8 Å². The third kappa shape index (κ3) is 6.60. The van der Waals surface area contributed by atoms with Gasteiger partial charge in [-0.05, 0) is 23.8 Å². The number of hydrogen-bond donors (Lipinski definition) is 2. The number of amides is 1. The second kappa shape index (κ2) is 9.55. The summed E-state index contributed by atoms with van der Waals surface area (Å²) in [4.78, 5) is 16.3. The summed E-state index contributed by atoms with van der Waals surface area (Å²) in [5, 5.41) is 5.75. The van der Waals surface area contributed by atoms with E-state index < -0.39 is 10.0 Å². The van der Waals surface area contributed by atoms with Crippen LogP contribution in [0.25, 0.3) is 17.3 Å². The molecule has 0 bridgehead atoms. The van der Waals surface area contributed by atoms with Crippen molar-refractivity contribution in [3.8, 4) is 11.3 Å². The lowest BCUT2D eigenvalue weighted by molar-refractivity contribution is -0.116. The van der Waals surface area contributed by atoms with Crippen LogP contribution in [0.2, 0.25) is 0 Å². The van der Waals surface area contributed by atoms with E-state index in [0.29, 0.717) is 16.4 Å². The van der Waals surface area contributed by atoms with Gasteiger partial charge in [-0.1, -0.05) is 42.5 Å². The summed E-state index contributed by atoms with van der Waals surface area (Å²) in [6.07, 6.45) is 1.43. The van der Waals surface area contributed by atoms with Gasteiger partial charge in [0.2, 0.25) is 15.9 Å². The van der Waals surface area contributed by atoms with E-state index >= 15 is 0 Å². The molecule has 2 aromatic carbocycles. The summed E-state index contributed by atoms with van der Waals surface area (Å²) in [5.74, 6) is -0.741. The maximum atomic E-state index is 13.3. The highest BCUT2D eigenvalue weighted by Crippen LogP contribution is 2.25. The molecule has 1 heterocycles. The zero-order valence-electron chi connectivity index (χ0n) is 15.2. The molecule has 3 rings (SSSR count). The predicted molar refractivity (Wildman–Crippen MR) is 113 cm³/mol. The highest BCUT2D eigenvalue weighted by atomic mass is 32.2. The first-order valence-corrected chi connectivity index (χ1v) is 11.1. The van der Waals surface area contributed by atoms with Gasteiger partial charge in [-0.2, -0.15) is 0 Å². The average Bonchev–Trinajstić information content (AvgIpc) is 3.16. The maximum absolute atomic E-state index is 13.3. The van der Waals surface area contributed by atoms with Crippen LogP contribution in [0.1, 0.15) is 12.0 Å². The molecule has 1 aromatic heterocycles. The van der Waals surface area contributed by atoms with Crippen LogP contribution in [0.15, 0.2) is 65.4 Å². The average molecular weight is 432 g/mol. The van der Waals surface area contributed by atoms with Crippen LogP contribution in [-0.2, 0) is 14.8 Å². The van der Waals surface area contributed by atoms with Crippen LogP contribution in [-0.4, -0.2) is 25.9 Å². The molecule has 3 aromatic rings. The molecule has 0 spiro atoms. The van der Waals surface area contributed by atoms with Crippen molar-refractivity contribution in [1.29, 1.82) is 0 Å². The number of sulfonamides is 1. The second-order valence-corrected chi connectivity index (χ2v) is 8.51. The monoisotopic (exact) mass is 431 g/mol. The Balaban J connectivity index is 1.48. The number of benzene rings is 2. The topological polar surface area (TPSA) is 88.2 Å². The Morgan fingerprint density at radius 2 is 1.93 bits per heavy atom. The van der Waals surface area contributed by atoms with Crippen LogP contribution in [0, 0.1) is 5.82 Å². The summed E-state index contributed by atoms with van der Waals surface area (Å²) in [5.41, 5.74) is 1.92. The minimum atomic E-state index is -3.64. The van der Waals surface area contributed by atoms with Crippen molar-refractivity contribution in [2.24, 2.45) is 0 Å². The molecule has 0 radical (unpaired) electrons. The highest BCUT2D eigenvalue weighted by molar-refractivity contribution is 7.92. The molecule has 1 amide bonds. The maximum Gasteiger partial charge on any atom is 0.233 e. The van der Waals surface area contributed by atoms with Gasteiger partial charge in [-0.25, -0.2) is 22.5 Å². The van der Waals surface area contributed by atoms with Gasteiger partial charge in [-0.3, -0.25) is 4.79 Å². The van der Waals surface area contributed by atoms with E-state index in [1.54, 1.807) is 29.6 Å². The molecule has 2 N–H and O–H groups in total. The number of anilines is 1. The van der Waals surface area contributed by atoms with Crippen LogP contribution in [0.4, 0.5) is 9.52 Å². The van der Waals surface area contributed by atoms with E-state index in [1.165, 1.54) is 29.5 Å². The van der Waals surface area contributed by atoms with E-state index in [0.717, 1.165) is 11.0 Å². The number of rotatable bonds is 8. The predicted octanol–water partition coefficient (Wildman–Crippen LogP) is 3.87. The third-order valence-corrected chi connectivity index (χ3v) is 5.62. The van der Waals surface area contributed by atoms with Crippen LogP contribution < -0.4 is 10.0 Å². The van der Waals surface area contributed by atoms with E-state index in [4.69, 9.17) is 0 Å². The molecular formula is C20H18FN3O3S2. The Hall–Kier alpha value is -2.88. The SMILES string of the molecule is O=C(CCNS(=O)(=O)/C=C/c1ccccc1)Nc1nc(-c2cccc(F)c2)cs1. The number of halogens is 1. The van der Waals surface area contributed by atoms with Gasteiger partial charge in [0.1, 0.15) is 5.82 Å². The van der Waals surface area contributed by atoms with Gasteiger partial charge >= 0.3 is 0 Å². The number of aromatic nitrogens is 1. The first-order chi connectivity index (χ1) is 13.9. The van der Waals surface area contributed by atoms with Gasteiger partial charge in [0, 0.05) is 29.3 Å². The normalized spacial score (nSPS) is 11.6. The molecule has 0 saturated carbocycles. The number of nitrogens with zero attached hydrogens (tertiary/aromatic N) is 1. The summed E-state index contributed by atoms with van der Waals surface area (Å²) in [6, 6.07) is 15.0. The van der Waals surface area contributed by atoms with Crippen molar-refractivity contribution in [1.82, 2.24) is 9.71 Å². The number of nitrogens with one attached hydrogen (secondary N) is 2. The first kappa shape index (κ1) is 20.8. The molecule has 29 heavy (non-hydrogen) atoms. The van der Waals surface area contributed by atoms with Crippen LogP contribution in [0.5, 0.6) is 0 Å². The molecule has 9 heteroatoms. The Kier molecular flexibility index (Phi) is 6.86. The van der Waals surface area contributed by atoms with Gasteiger partial charge in [0.25, 0.3) is 0 Å². The lowest BCUT2D eigenvalue weighted by atomic mass is 10.2. The van der Waals surface area contributed by atoms with Crippen molar-refractivity contribution >= 4 is 38.5 Å². The van der Waals surface area contributed by atoms with Crippen molar-refractivity contribution in [3.63, 3.8) is 0 Å². The van der Waals surface area contributed by atoms with Gasteiger partial charge < -0.3 is 5.32 Å². The number of thiazole rings is 1. The Morgan fingerprint density at radius 1 is 1.14 bits per heavy atom. The zero-order chi connectivity index (χ0) is 20.7. The molecule has 0 aliphatic rings. The lowest BCUT2D eigenvalue weighted by Gasteiger charge is -2.03. The second-order valence-electron chi connectivity index (χ2n) is 6.00. The smallest absolute Gasteiger partial charge is 0.233 e. The standard InChI is InChI=1S/C20H18FN3O3S2/c21-17-8-4-7-16(13-17)18-14-28-20(23-18)24-19(25)9-11-22-29(26,27)12-10-15-5-2-1-3-6-15/h1-8,10,12-14,22H,9,11H2,(H,23,24,25)/b12-10+. The van der Waals surface area contributed by atoms with Gasteiger partial charge in [0.05, 0.1) is 5.69 Å². The number of carbonyl (C=O) groups excluding carboxylic acids is 1. The van der Waals surface area contributed by atoms with Crippen LogP contribution in [0.3, 0.4) is 0 Å². The van der Waals surface area contributed by atoms with Gasteiger partial charge in [-0.15, -0.1) is 11.3 Å². The number of carbonyl (C=O) groups is 1. The molecule has 0 unspecified atom stereocenters. The minimum absolute atomic E-state index is 0.0462. The van der Waals surface area contributed by atoms with E-state index in [2.05, 4.69) is 15.0 Å². The van der Waals surface area contributed by atoms with E-state index in [-0.39, 0.29) is 24.7 Å². The fraction of sp³-hybridized carbons (Fsp3) is 0.100. The Labute approximate surface area is 172 Å². The first-order valence-electron chi connectivity index (χ1n) is 8.65. The third-order valence-electron chi connectivity index (χ3n) is 3.77.